The van der Waals surface area contributed by atoms with Gasteiger partial charge in [0.2, 0.25) is 0 Å². The number of hydrogen-bond acceptors (Lipinski definition) is 1. The highest BCUT2D eigenvalue weighted by Crippen LogP contribution is 2.35. The van der Waals surface area contributed by atoms with Crippen LogP contribution in [-0.2, 0) is 0 Å². The third-order valence-electron chi connectivity index (χ3n) is 3.13. The van der Waals surface area contributed by atoms with Crippen molar-refractivity contribution in [1.82, 2.24) is 0 Å². The van der Waals surface area contributed by atoms with Crippen molar-refractivity contribution in [2.75, 3.05) is 6.61 Å². The summed E-state index contributed by atoms with van der Waals surface area (Å²) in [7, 11) is 0. The van der Waals surface area contributed by atoms with Gasteiger partial charge in [0.25, 0.3) is 0 Å². The second kappa shape index (κ2) is 7.30. The quantitative estimate of drug-likeness (QED) is 0.528. The maximum Gasteiger partial charge on any atom is 0.141 e. The van der Waals surface area contributed by atoms with Crippen LogP contribution in [0.5, 0.6) is 5.75 Å². The standard InChI is InChI=1S/C16H18Br2O/c1-2-3-4-5-10-19-16-14-8-7-13(17)11-12(14)6-9-15(16)18/h6-9,11H,2-5,10H2,1H3. The number of fused-ring (bicyclic) bond motifs is 1. The molecule has 2 aromatic carbocycles. The summed E-state index contributed by atoms with van der Waals surface area (Å²) >= 11 is 7.09. The van der Waals surface area contributed by atoms with Crippen molar-refractivity contribution in [2.24, 2.45) is 0 Å². The number of rotatable bonds is 6. The number of benzene rings is 2. The van der Waals surface area contributed by atoms with Gasteiger partial charge in [0.15, 0.2) is 0 Å². The lowest BCUT2D eigenvalue weighted by Gasteiger charge is -2.11. The highest BCUT2D eigenvalue weighted by Gasteiger charge is 2.07. The third kappa shape index (κ3) is 3.96. The Hall–Kier alpha value is -0.540. The molecule has 0 heterocycles. The van der Waals surface area contributed by atoms with Gasteiger partial charge in [0.1, 0.15) is 5.75 Å². The molecule has 3 heteroatoms. The smallest absolute Gasteiger partial charge is 0.141 e. The molecular weight excluding hydrogens is 368 g/mol. The van der Waals surface area contributed by atoms with Gasteiger partial charge < -0.3 is 4.74 Å². The Morgan fingerprint density at radius 3 is 2.63 bits per heavy atom. The third-order valence-corrected chi connectivity index (χ3v) is 4.25. The Morgan fingerprint density at radius 1 is 1.00 bits per heavy atom. The molecule has 0 amide bonds. The lowest BCUT2D eigenvalue weighted by Crippen LogP contribution is -1.98. The van der Waals surface area contributed by atoms with E-state index in [9.17, 15) is 0 Å². The Morgan fingerprint density at radius 2 is 1.84 bits per heavy atom. The van der Waals surface area contributed by atoms with E-state index in [0.29, 0.717) is 0 Å². The Bertz CT molecular complexity index is 552. The van der Waals surface area contributed by atoms with Crippen LogP contribution in [0.25, 0.3) is 10.8 Å². The van der Waals surface area contributed by atoms with Crippen molar-refractivity contribution in [3.8, 4) is 5.75 Å². The summed E-state index contributed by atoms with van der Waals surface area (Å²) in [5.41, 5.74) is 0. The van der Waals surface area contributed by atoms with E-state index in [0.717, 1.165) is 33.1 Å². The fourth-order valence-corrected chi connectivity index (χ4v) is 2.93. The van der Waals surface area contributed by atoms with Crippen molar-refractivity contribution in [3.05, 3.63) is 39.3 Å². The van der Waals surface area contributed by atoms with E-state index >= 15 is 0 Å². The largest absolute Gasteiger partial charge is 0.492 e. The SMILES string of the molecule is CCCCCCOc1c(Br)ccc2cc(Br)ccc12. The van der Waals surface area contributed by atoms with Crippen LogP contribution in [0.1, 0.15) is 32.6 Å². The molecule has 0 aromatic heterocycles. The van der Waals surface area contributed by atoms with Gasteiger partial charge in [0.05, 0.1) is 11.1 Å². The zero-order chi connectivity index (χ0) is 13.7. The molecule has 0 N–H and O–H groups in total. The minimum atomic E-state index is 0.785. The lowest BCUT2D eigenvalue weighted by molar-refractivity contribution is 0.307. The second-order valence-corrected chi connectivity index (χ2v) is 6.42. The van der Waals surface area contributed by atoms with E-state index in [1.165, 1.54) is 24.6 Å². The molecule has 1 nitrogen and oxygen atoms in total. The molecule has 0 saturated carbocycles. The predicted octanol–water partition coefficient (Wildman–Crippen LogP) is 6.32. The van der Waals surface area contributed by atoms with Gasteiger partial charge in [-0.1, -0.05) is 48.2 Å². The first-order valence-electron chi connectivity index (χ1n) is 6.73. The van der Waals surface area contributed by atoms with E-state index in [1.54, 1.807) is 0 Å². The molecule has 19 heavy (non-hydrogen) atoms. The normalized spacial score (nSPS) is 10.9. The summed E-state index contributed by atoms with van der Waals surface area (Å²) < 4.78 is 8.09. The molecule has 2 rings (SSSR count). The van der Waals surface area contributed by atoms with Crippen molar-refractivity contribution >= 4 is 42.6 Å². The van der Waals surface area contributed by atoms with Crippen LogP contribution in [-0.4, -0.2) is 6.61 Å². The number of ether oxygens (including phenoxy) is 1. The van der Waals surface area contributed by atoms with Crippen LogP contribution in [0.3, 0.4) is 0 Å². The van der Waals surface area contributed by atoms with Crippen LogP contribution < -0.4 is 4.74 Å². The molecule has 2 aromatic rings. The van der Waals surface area contributed by atoms with Crippen LogP contribution in [0.15, 0.2) is 39.3 Å². The molecule has 0 aliphatic heterocycles. The van der Waals surface area contributed by atoms with Gasteiger partial charge in [-0.05, 0) is 52.0 Å². The Kier molecular flexibility index (Phi) is 5.71. The van der Waals surface area contributed by atoms with Crippen LogP contribution >= 0.6 is 31.9 Å². The van der Waals surface area contributed by atoms with Crippen molar-refractivity contribution < 1.29 is 4.74 Å². The maximum atomic E-state index is 5.97. The lowest BCUT2D eigenvalue weighted by atomic mass is 10.1. The van der Waals surface area contributed by atoms with E-state index < -0.39 is 0 Å². The Labute approximate surface area is 131 Å². The average Bonchev–Trinajstić information content (AvgIpc) is 2.41. The molecule has 0 radical (unpaired) electrons. The zero-order valence-electron chi connectivity index (χ0n) is 11.1. The average molecular weight is 386 g/mol. The predicted molar refractivity (Wildman–Crippen MR) is 89.0 cm³/mol. The molecule has 0 bridgehead atoms. The molecule has 0 atom stereocenters. The summed E-state index contributed by atoms with van der Waals surface area (Å²) in [4.78, 5) is 0. The Balaban J connectivity index is 2.14. The topological polar surface area (TPSA) is 9.23 Å². The highest BCUT2D eigenvalue weighted by molar-refractivity contribution is 9.10. The van der Waals surface area contributed by atoms with Gasteiger partial charge in [0, 0.05) is 9.86 Å². The first kappa shape index (κ1) is 14.9. The van der Waals surface area contributed by atoms with Crippen LogP contribution in [0.2, 0.25) is 0 Å². The van der Waals surface area contributed by atoms with Crippen molar-refractivity contribution in [1.29, 1.82) is 0 Å². The molecule has 0 unspecified atom stereocenters. The number of unbranched alkanes of at least 4 members (excludes halogenated alkanes) is 3. The molecule has 0 spiro atoms. The minimum Gasteiger partial charge on any atom is -0.492 e. The monoisotopic (exact) mass is 384 g/mol. The van der Waals surface area contributed by atoms with Crippen molar-refractivity contribution in [3.63, 3.8) is 0 Å². The summed E-state index contributed by atoms with van der Waals surface area (Å²) in [6, 6.07) is 10.4. The van der Waals surface area contributed by atoms with Crippen LogP contribution in [0, 0.1) is 0 Å². The van der Waals surface area contributed by atoms with E-state index in [1.807, 2.05) is 0 Å². The fraction of sp³-hybridized carbons (Fsp3) is 0.375. The molecule has 0 saturated heterocycles. The summed E-state index contributed by atoms with van der Waals surface area (Å²) in [5, 5.41) is 2.36. The van der Waals surface area contributed by atoms with Crippen molar-refractivity contribution in [2.45, 2.75) is 32.6 Å². The molecular formula is C16H18Br2O. The number of hydrogen-bond donors (Lipinski definition) is 0. The van der Waals surface area contributed by atoms with Gasteiger partial charge in [-0.15, -0.1) is 0 Å². The first-order chi connectivity index (χ1) is 9.22. The van der Waals surface area contributed by atoms with Gasteiger partial charge in [-0.3, -0.25) is 0 Å². The van der Waals surface area contributed by atoms with Gasteiger partial charge in [-0.25, -0.2) is 0 Å². The van der Waals surface area contributed by atoms with Crippen LogP contribution in [0.4, 0.5) is 0 Å². The zero-order valence-corrected chi connectivity index (χ0v) is 14.3. The number of halogens is 2. The summed E-state index contributed by atoms with van der Waals surface area (Å²) in [5.74, 6) is 0.960. The summed E-state index contributed by atoms with van der Waals surface area (Å²) in [6.07, 6.45) is 4.90. The van der Waals surface area contributed by atoms with E-state index in [-0.39, 0.29) is 0 Å². The van der Waals surface area contributed by atoms with E-state index in [2.05, 4.69) is 69.1 Å². The van der Waals surface area contributed by atoms with Gasteiger partial charge >= 0.3 is 0 Å². The molecule has 0 fully saturated rings. The second-order valence-electron chi connectivity index (χ2n) is 4.65. The van der Waals surface area contributed by atoms with Gasteiger partial charge in [-0.2, -0.15) is 0 Å². The fourth-order valence-electron chi connectivity index (χ4n) is 2.10. The maximum absolute atomic E-state index is 5.97. The highest BCUT2D eigenvalue weighted by atomic mass is 79.9. The summed E-state index contributed by atoms with van der Waals surface area (Å²) in [6.45, 7) is 3.01. The molecule has 0 aliphatic carbocycles. The minimum absolute atomic E-state index is 0.785. The van der Waals surface area contributed by atoms with E-state index in [4.69, 9.17) is 4.74 Å². The first-order valence-corrected chi connectivity index (χ1v) is 8.31. The molecule has 0 aliphatic rings. The molecule has 102 valence electrons.